The van der Waals surface area contributed by atoms with Crippen LogP contribution in [-0.4, -0.2) is 39.8 Å². The molecule has 1 N–H and O–H groups in total. The summed E-state index contributed by atoms with van der Waals surface area (Å²) in [5.74, 6) is 2.88. The average Bonchev–Trinajstić information content (AvgIpc) is 2.68. The van der Waals surface area contributed by atoms with Gasteiger partial charge in [-0.05, 0) is 73.2 Å². The average molecular weight is 401 g/mol. The van der Waals surface area contributed by atoms with Crippen molar-refractivity contribution in [3.63, 3.8) is 0 Å². The van der Waals surface area contributed by atoms with Crippen LogP contribution in [0.3, 0.4) is 0 Å². The second kappa shape index (κ2) is 11.0. The first-order chi connectivity index (χ1) is 13.5. The van der Waals surface area contributed by atoms with Gasteiger partial charge in [0.2, 0.25) is 0 Å². The normalized spacial score (nSPS) is 14.9. The lowest BCUT2D eigenvalue weighted by Gasteiger charge is -2.30. The Morgan fingerprint density at radius 2 is 1.86 bits per heavy atom. The molecule has 3 rings (SSSR count). The van der Waals surface area contributed by atoms with Gasteiger partial charge in [0, 0.05) is 25.0 Å². The summed E-state index contributed by atoms with van der Waals surface area (Å²) in [4.78, 5) is 25.4. The monoisotopic (exact) mass is 400 g/mol. The lowest BCUT2D eigenvalue weighted by molar-refractivity contribution is -0.191. The van der Waals surface area contributed by atoms with Crippen LogP contribution < -0.4 is 5.32 Å². The summed E-state index contributed by atoms with van der Waals surface area (Å²) in [6.07, 6.45) is 6.71. The smallest absolute Gasteiger partial charge is 0.325 e. The Morgan fingerprint density at radius 3 is 2.46 bits per heavy atom. The zero-order valence-electron chi connectivity index (χ0n) is 16.9. The number of rotatable bonds is 5. The van der Waals surface area contributed by atoms with Crippen LogP contribution in [0.15, 0.2) is 30.5 Å². The summed E-state index contributed by atoms with van der Waals surface area (Å²) in [5, 5.41) is 3.40. The molecular formula is C21H28N4O2S. The summed E-state index contributed by atoms with van der Waals surface area (Å²) in [6.45, 7) is 8.79. The van der Waals surface area contributed by atoms with Gasteiger partial charge in [0.25, 0.3) is 0 Å². The summed E-state index contributed by atoms with van der Waals surface area (Å²) in [5.41, 5.74) is 3.75. The Labute approximate surface area is 171 Å². The van der Waals surface area contributed by atoms with E-state index in [1.165, 1.54) is 24.0 Å². The van der Waals surface area contributed by atoms with E-state index in [4.69, 9.17) is 9.59 Å². The molecule has 1 aliphatic rings. The summed E-state index contributed by atoms with van der Waals surface area (Å²) < 4.78 is 2.45. The molecule has 1 saturated heterocycles. The van der Waals surface area contributed by atoms with E-state index in [2.05, 4.69) is 70.9 Å². The van der Waals surface area contributed by atoms with Gasteiger partial charge in [-0.25, -0.2) is 9.97 Å². The number of piperidine rings is 1. The zero-order valence-corrected chi connectivity index (χ0v) is 17.8. The van der Waals surface area contributed by atoms with Gasteiger partial charge in [0.1, 0.15) is 11.6 Å². The second-order valence-corrected chi connectivity index (χ2v) is 8.03. The van der Waals surface area contributed by atoms with E-state index >= 15 is 0 Å². The van der Waals surface area contributed by atoms with Gasteiger partial charge in [0.05, 0.1) is 0 Å². The molecule has 0 amide bonds. The standard InChI is InChI=1S/C20H28N4S.CO2/c1-14(2)17-5-8-21-19(12-17)23-20-13-18(11-15(3)22-20)16-6-9-24(25-4)10-7-16;2-1-3/h5,8,11-14,16H,6-7,9-10H2,1-4H3,(H,21,22,23);. The van der Waals surface area contributed by atoms with Gasteiger partial charge in [0.15, 0.2) is 0 Å². The molecule has 2 aromatic rings. The molecule has 0 aromatic carbocycles. The van der Waals surface area contributed by atoms with Gasteiger partial charge < -0.3 is 5.32 Å². The van der Waals surface area contributed by atoms with Gasteiger partial charge >= 0.3 is 6.15 Å². The highest BCUT2D eigenvalue weighted by Crippen LogP contribution is 2.32. The number of nitrogens with one attached hydrogen (secondary N) is 1. The third-order valence-corrected chi connectivity index (χ3v) is 5.75. The van der Waals surface area contributed by atoms with E-state index in [0.29, 0.717) is 11.8 Å². The Hall–Kier alpha value is -2.21. The van der Waals surface area contributed by atoms with Gasteiger partial charge in [-0.1, -0.05) is 25.8 Å². The predicted molar refractivity (Wildman–Crippen MR) is 113 cm³/mol. The summed E-state index contributed by atoms with van der Waals surface area (Å²) in [7, 11) is 0. The van der Waals surface area contributed by atoms with E-state index in [1.54, 1.807) is 0 Å². The van der Waals surface area contributed by atoms with Crippen LogP contribution >= 0.6 is 11.9 Å². The van der Waals surface area contributed by atoms with E-state index < -0.39 is 0 Å². The first-order valence-corrected chi connectivity index (χ1v) is 10.6. The number of hydrogen-bond donors (Lipinski definition) is 1. The molecule has 2 aromatic heterocycles. The molecular weight excluding hydrogens is 372 g/mol. The molecule has 1 fully saturated rings. The third-order valence-electron chi connectivity index (χ3n) is 4.87. The number of pyridine rings is 2. The Balaban J connectivity index is 0.000000878. The van der Waals surface area contributed by atoms with Crippen molar-refractivity contribution in [2.24, 2.45) is 0 Å². The van der Waals surface area contributed by atoms with Crippen LogP contribution in [0.1, 0.15) is 55.3 Å². The van der Waals surface area contributed by atoms with Crippen molar-refractivity contribution in [2.45, 2.75) is 45.4 Å². The summed E-state index contributed by atoms with van der Waals surface area (Å²) in [6, 6.07) is 8.63. The van der Waals surface area contributed by atoms with Gasteiger partial charge in [-0.2, -0.15) is 9.59 Å². The minimum atomic E-state index is 0.250. The molecule has 0 bridgehead atoms. The third kappa shape index (κ3) is 6.44. The van der Waals surface area contributed by atoms with Gasteiger partial charge in [-0.3, -0.25) is 4.31 Å². The Morgan fingerprint density at radius 1 is 1.18 bits per heavy atom. The molecule has 28 heavy (non-hydrogen) atoms. The Bertz CT molecular complexity index is 799. The van der Waals surface area contributed by atoms with E-state index in [-0.39, 0.29) is 6.15 Å². The molecule has 1 aliphatic heterocycles. The van der Waals surface area contributed by atoms with Crippen molar-refractivity contribution < 1.29 is 9.59 Å². The van der Waals surface area contributed by atoms with Gasteiger partial charge in [-0.15, -0.1) is 0 Å². The number of hydrogen-bond acceptors (Lipinski definition) is 7. The van der Waals surface area contributed by atoms with E-state index in [9.17, 15) is 0 Å². The highest BCUT2D eigenvalue weighted by molar-refractivity contribution is 7.96. The lowest BCUT2D eigenvalue weighted by Crippen LogP contribution is -2.27. The maximum Gasteiger partial charge on any atom is 0.373 e. The predicted octanol–water partition coefficient (Wildman–Crippen LogP) is 4.53. The SMILES string of the molecule is CSN1CCC(c2cc(C)nc(Nc3cc(C(C)C)ccn3)c2)CC1.O=C=O. The number of nitrogens with zero attached hydrogens (tertiary/aromatic N) is 3. The lowest BCUT2D eigenvalue weighted by atomic mass is 9.90. The quantitative estimate of drug-likeness (QED) is 0.739. The molecule has 150 valence electrons. The molecule has 7 heteroatoms. The maximum absolute atomic E-state index is 8.12. The topological polar surface area (TPSA) is 75.2 Å². The molecule has 0 unspecified atom stereocenters. The van der Waals surface area contributed by atoms with Crippen molar-refractivity contribution >= 4 is 29.7 Å². The minimum absolute atomic E-state index is 0.250. The van der Waals surface area contributed by atoms with Crippen molar-refractivity contribution in [3.05, 3.63) is 47.3 Å². The summed E-state index contributed by atoms with van der Waals surface area (Å²) >= 11 is 1.86. The van der Waals surface area contributed by atoms with E-state index in [0.717, 1.165) is 30.4 Å². The van der Waals surface area contributed by atoms with Crippen molar-refractivity contribution in [2.75, 3.05) is 24.7 Å². The van der Waals surface area contributed by atoms with Crippen molar-refractivity contribution in [1.29, 1.82) is 0 Å². The number of aryl methyl sites for hydroxylation is 1. The molecule has 0 aliphatic carbocycles. The van der Waals surface area contributed by atoms with Crippen molar-refractivity contribution in [1.82, 2.24) is 14.3 Å². The molecule has 0 spiro atoms. The van der Waals surface area contributed by atoms with Crippen LogP contribution in [0.2, 0.25) is 0 Å². The van der Waals surface area contributed by atoms with Crippen LogP contribution in [0.5, 0.6) is 0 Å². The first kappa shape index (κ1) is 22.1. The second-order valence-electron chi connectivity index (χ2n) is 7.15. The highest BCUT2D eigenvalue weighted by Gasteiger charge is 2.21. The minimum Gasteiger partial charge on any atom is -0.325 e. The first-order valence-electron chi connectivity index (χ1n) is 9.46. The highest BCUT2D eigenvalue weighted by atomic mass is 32.2. The number of anilines is 2. The molecule has 0 atom stereocenters. The number of carbonyl (C=O) groups excluding carboxylic acids is 2. The zero-order chi connectivity index (χ0) is 20.5. The van der Waals surface area contributed by atoms with Crippen LogP contribution in [0.25, 0.3) is 0 Å². The largest absolute Gasteiger partial charge is 0.373 e. The molecule has 6 nitrogen and oxygen atoms in total. The fraction of sp³-hybridized carbons (Fsp3) is 0.476. The van der Waals surface area contributed by atoms with Crippen LogP contribution in [-0.2, 0) is 9.59 Å². The molecule has 3 heterocycles. The van der Waals surface area contributed by atoms with Crippen LogP contribution in [0.4, 0.5) is 11.6 Å². The Kier molecular flexibility index (Phi) is 8.64. The van der Waals surface area contributed by atoms with Crippen molar-refractivity contribution in [3.8, 4) is 0 Å². The fourth-order valence-corrected chi connectivity index (χ4v) is 3.95. The molecule has 0 saturated carbocycles. The van der Waals surface area contributed by atoms with Crippen LogP contribution in [0, 0.1) is 6.92 Å². The fourth-order valence-electron chi connectivity index (χ4n) is 3.37. The van der Waals surface area contributed by atoms with E-state index in [1.807, 2.05) is 18.1 Å². The number of aromatic nitrogens is 2. The maximum atomic E-state index is 8.12. The molecule has 0 radical (unpaired) electrons.